The maximum absolute atomic E-state index is 9.48. The Morgan fingerprint density at radius 1 is 1.14 bits per heavy atom. The van der Waals surface area contributed by atoms with Gasteiger partial charge in [0, 0.05) is 6.04 Å². The van der Waals surface area contributed by atoms with Crippen molar-refractivity contribution in [1.82, 2.24) is 5.32 Å². The van der Waals surface area contributed by atoms with E-state index in [-0.39, 0.29) is 19.3 Å². The molecule has 1 unspecified atom stereocenters. The van der Waals surface area contributed by atoms with Crippen LogP contribution in [0.1, 0.15) is 25.8 Å². The molecule has 5 heteroatoms. The lowest BCUT2D eigenvalue weighted by Crippen LogP contribution is -2.55. The van der Waals surface area contributed by atoms with Crippen molar-refractivity contribution in [3.05, 3.63) is 23.8 Å². The van der Waals surface area contributed by atoms with E-state index < -0.39 is 5.54 Å². The Morgan fingerprint density at radius 2 is 1.76 bits per heavy atom. The van der Waals surface area contributed by atoms with Gasteiger partial charge in [-0.25, -0.2) is 0 Å². The summed E-state index contributed by atoms with van der Waals surface area (Å²) in [5.41, 5.74) is 0.476. The minimum Gasteiger partial charge on any atom is -0.493 e. The topological polar surface area (TPSA) is 71.0 Å². The van der Waals surface area contributed by atoms with Crippen LogP contribution in [0.4, 0.5) is 0 Å². The van der Waals surface area contributed by atoms with Gasteiger partial charge in [-0.1, -0.05) is 13.0 Å². The molecule has 0 saturated carbocycles. The fourth-order valence-corrected chi connectivity index (χ4v) is 2.40. The third kappa shape index (κ3) is 4.59. The summed E-state index contributed by atoms with van der Waals surface area (Å²) in [4.78, 5) is 0. The molecule has 0 amide bonds. The third-order valence-electron chi connectivity index (χ3n) is 3.82. The molecule has 0 aliphatic carbocycles. The summed E-state index contributed by atoms with van der Waals surface area (Å²) in [5, 5.41) is 22.3. The van der Waals surface area contributed by atoms with E-state index in [2.05, 4.69) is 5.32 Å². The van der Waals surface area contributed by atoms with E-state index in [9.17, 15) is 10.2 Å². The predicted molar refractivity (Wildman–Crippen MR) is 83.0 cm³/mol. The van der Waals surface area contributed by atoms with E-state index >= 15 is 0 Å². The minimum absolute atomic E-state index is 0.0870. The van der Waals surface area contributed by atoms with Gasteiger partial charge in [-0.3, -0.25) is 0 Å². The van der Waals surface area contributed by atoms with Gasteiger partial charge in [0.15, 0.2) is 11.5 Å². The van der Waals surface area contributed by atoms with Gasteiger partial charge in [-0.2, -0.15) is 0 Å². The molecule has 0 bridgehead atoms. The second kappa shape index (κ2) is 8.22. The Morgan fingerprint density at radius 3 is 2.24 bits per heavy atom. The van der Waals surface area contributed by atoms with Crippen molar-refractivity contribution in [1.29, 1.82) is 0 Å². The fraction of sp³-hybridized carbons (Fsp3) is 0.625. The van der Waals surface area contributed by atoms with E-state index in [0.717, 1.165) is 12.0 Å². The van der Waals surface area contributed by atoms with E-state index in [4.69, 9.17) is 9.47 Å². The molecule has 5 nitrogen and oxygen atoms in total. The van der Waals surface area contributed by atoms with E-state index in [1.807, 2.05) is 32.0 Å². The zero-order chi connectivity index (χ0) is 15.9. The van der Waals surface area contributed by atoms with Crippen LogP contribution in [0.2, 0.25) is 0 Å². The normalized spacial score (nSPS) is 13.0. The van der Waals surface area contributed by atoms with E-state index in [0.29, 0.717) is 17.9 Å². The first-order chi connectivity index (χ1) is 10.0. The van der Waals surface area contributed by atoms with Crippen molar-refractivity contribution in [2.75, 3.05) is 27.4 Å². The van der Waals surface area contributed by atoms with Gasteiger partial charge in [0.25, 0.3) is 0 Å². The van der Waals surface area contributed by atoms with Crippen molar-refractivity contribution in [3.8, 4) is 11.5 Å². The number of rotatable bonds is 9. The number of benzene rings is 1. The number of methoxy groups -OCH3 is 2. The van der Waals surface area contributed by atoms with Crippen LogP contribution in [0.15, 0.2) is 18.2 Å². The summed E-state index contributed by atoms with van der Waals surface area (Å²) in [6, 6.07) is 5.93. The molecule has 0 aliphatic rings. The summed E-state index contributed by atoms with van der Waals surface area (Å²) in [6.07, 6.45) is 1.43. The van der Waals surface area contributed by atoms with Gasteiger partial charge in [-0.05, 0) is 37.5 Å². The molecule has 0 spiro atoms. The number of aliphatic hydroxyl groups excluding tert-OH is 2. The Kier molecular flexibility index (Phi) is 6.95. The minimum atomic E-state index is -0.629. The van der Waals surface area contributed by atoms with Crippen LogP contribution < -0.4 is 14.8 Å². The molecule has 120 valence electrons. The molecule has 0 fully saturated rings. The standard InChI is InChI=1S/C16H27NO4/c1-5-16(10-18,11-19)17-12(2)8-13-6-7-14(20-3)15(9-13)21-4/h6-7,9,12,17-19H,5,8,10-11H2,1-4H3. The van der Waals surface area contributed by atoms with Crippen molar-refractivity contribution in [2.24, 2.45) is 0 Å². The third-order valence-corrected chi connectivity index (χ3v) is 3.82. The molecular weight excluding hydrogens is 270 g/mol. The highest BCUT2D eigenvalue weighted by atomic mass is 16.5. The van der Waals surface area contributed by atoms with Crippen molar-refractivity contribution in [2.45, 2.75) is 38.3 Å². The second-order valence-corrected chi connectivity index (χ2v) is 5.39. The smallest absolute Gasteiger partial charge is 0.160 e. The van der Waals surface area contributed by atoms with Crippen molar-refractivity contribution in [3.63, 3.8) is 0 Å². The summed E-state index contributed by atoms with van der Waals surface area (Å²) < 4.78 is 10.5. The average Bonchev–Trinajstić information content (AvgIpc) is 2.52. The monoisotopic (exact) mass is 297 g/mol. The molecular formula is C16H27NO4. The lowest BCUT2D eigenvalue weighted by Gasteiger charge is -2.33. The van der Waals surface area contributed by atoms with Crippen LogP contribution in [-0.4, -0.2) is 49.2 Å². The highest BCUT2D eigenvalue weighted by Gasteiger charge is 2.27. The second-order valence-electron chi connectivity index (χ2n) is 5.39. The van der Waals surface area contributed by atoms with E-state index in [1.165, 1.54) is 0 Å². The molecule has 1 aromatic carbocycles. The number of aliphatic hydroxyl groups is 2. The molecule has 0 heterocycles. The molecule has 1 aromatic rings. The Bertz CT molecular complexity index is 424. The van der Waals surface area contributed by atoms with Crippen LogP contribution in [0.3, 0.4) is 0 Å². The van der Waals surface area contributed by atoms with Gasteiger partial charge in [-0.15, -0.1) is 0 Å². The molecule has 1 atom stereocenters. The molecule has 0 saturated heterocycles. The van der Waals surface area contributed by atoms with Gasteiger partial charge < -0.3 is 25.0 Å². The zero-order valence-electron chi connectivity index (χ0n) is 13.3. The van der Waals surface area contributed by atoms with Crippen molar-refractivity contribution >= 4 is 0 Å². The van der Waals surface area contributed by atoms with Crippen LogP contribution in [-0.2, 0) is 6.42 Å². The van der Waals surface area contributed by atoms with Crippen LogP contribution in [0.5, 0.6) is 11.5 Å². The van der Waals surface area contributed by atoms with Crippen LogP contribution in [0.25, 0.3) is 0 Å². The van der Waals surface area contributed by atoms with Gasteiger partial charge in [0.2, 0.25) is 0 Å². The molecule has 0 aromatic heterocycles. The first-order valence-corrected chi connectivity index (χ1v) is 7.24. The van der Waals surface area contributed by atoms with Crippen LogP contribution >= 0.6 is 0 Å². The molecule has 3 N–H and O–H groups in total. The molecule has 0 radical (unpaired) electrons. The lowest BCUT2D eigenvalue weighted by molar-refractivity contribution is 0.0793. The average molecular weight is 297 g/mol. The number of hydrogen-bond donors (Lipinski definition) is 3. The SMILES string of the molecule is CCC(CO)(CO)NC(C)Cc1ccc(OC)c(OC)c1. The molecule has 1 rings (SSSR count). The first-order valence-electron chi connectivity index (χ1n) is 7.24. The largest absolute Gasteiger partial charge is 0.493 e. The maximum atomic E-state index is 9.48. The van der Waals surface area contributed by atoms with Crippen molar-refractivity contribution < 1.29 is 19.7 Å². The summed E-state index contributed by atoms with van der Waals surface area (Å²) in [7, 11) is 3.22. The van der Waals surface area contributed by atoms with Gasteiger partial charge in [0.1, 0.15) is 0 Å². The summed E-state index contributed by atoms with van der Waals surface area (Å²) in [6.45, 7) is 3.81. The van der Waals surface area contributed by atoms with Gasteiger partial charge in [0.05, 0.1) is 33.0 Å². The highest BCUT2D eigenvalue weighted by molar-refractivity contribution is 5.43. The number of hydrogen-bond acceptors (Lipinski definition) is 5. The maximum Gasteiger partial charge on any atom is 0.160 e. The Balaban J connectivity index is 2.76. The van der Waals surface area contributed by atoms with E-state index in [1.54, 1.807) is 14.2 Å². The lowest BCUT2D eigenvalue weighted by atomic mass is 9.95. The highest BCUT2D eigenvalue weighted by Crippen LogP contribution is 2.28. The fourth-order valence-electron chi connectivity index (χ4n) is 2.40. The number of nitrogens with one attached hydrogen (secondary N) is 1. The number of ether oxygens (including phenoxy) is 2. The summed E-state index contributed by atoms with van der Waals surface area (Å²) in [5.74, 6) is 1.41. The quantitative estimate of drug-likeness (QED) is 0.642. The Hall–Kier alpha value is -1.30. The zero-order valence-corrected chi connectivity index (χ0v) is 13.3. The van der Waals surface area contributed by atoms with Crippen LogP contribution in [0, 0.1) is 0 Å². The summed E-state index contributed by atoms with van der Waals surface area (Å²) >= 11 is 0. The van der Waals surface area contributed by atoms with Gasteiger partial charge >= 0.3 is 0 Å². The molecule has 0 aliphatic heterocycles. The Labute approximate surface area is 126 Å². The molecule has 21 heavy (non-hydrogen) atoms. The predicted octanol–water partition coefficient (Wildman–Crippen LogP) is 1.36. The first kappa shape index (κ1) is 17.8.